The van der Waals surface area contributed by atoms with E-state index in [0.717, 1.165) is 27.9 Å². The van der Waals surface area contributed by atoms with Crippen LogP contribution in [0.3, 0.4) is 0 Å². The molecule has 0 saturated heterocycles. The number of fused-ring (bicyclic) bond motifs is 1. The number of benzene rings is 3. The van der Waals surface area contributed by atoms with Crippen molar-refractivity contribution in [3.63, 3.8) is 0 Å². The molecule has 0 atom stereocenters. The van der Waals surface area contributed by atoms with Crippen LogP contribution in [0.25, 0.3) is 16.3 Å². The average Bonchev–Trinajstić information content (AvgIpc) is 2.78. The molecule has 0 aliphatic heterocycles. The van der Waals surface area contributed by atoms with Gasteiger partial charge >= 0.3 is 0 Å². The maximum absolute atomic E-state index is 10.3. The fourth-order valence-corrected chi connectivity index (χ4v) is 3.28. The summed E-state index contributed by atoms with van der Waals surface area (Å²) in [5.41, 5.74) is 3.47. The number of aliphatic hydroxyl groups excluding tert-OH is 1. The van der Waals surface area contributed by atoms with Gasteiger partial charge in [-0.25, -0.2) is 4.98 Å². The van der Waals surface area contributed by atoms with Crippen LogP contribution in [0, 0.1) is 6.92 Å². The molecular weight excluding hydrogens is 384 g/mol. The third kappa shape index (κ3) is 5.28. The first-order valence-corrected chi connectivity index (χ1v) is 10.1. The number of nitrogens with one attached hydrogen (secondary N) is 2. The summed E-state index contributed by atoms with van der Waals surface area (Å²) in [6.07, 6.45) is 1.65. The van der Waals surface area contributed by atoms with Gasteiger partial charge in [0.15, 0.2) is 0 Å². The Labute approximate surface area is 181 Å². The second-order valence-electron chi connectivity index (χ2n) is 7.29. The molecule has 3 aromatic carbocycles. The number of anilines is 3. The van der Waals surface area contributed by atoms with Crippen LogP contribution in [0.5, 0.6) is 0 Å². The zero-order valence-electron chi connectivity index (χ0n) is 17.3. The Bertz CT molecular complexity index is 1250. The van der Waals surface area contributed by atoms with Gasteiger partial charge < -0.3 is 15.7 Å². The molecular formula is C26H24N4O. The topological polar surface area (TPSA) is 70.1 Å². The minimum absolute atomic E-state index is 0.156. The van der Waals surface area contributed by atoms with E-state index in [2.05, 4.69) is 51.4 Å². The lowest BCUT2D eigenvalue weighted by atomic mass is 10.1. The van der Waals surface area contributed by atoms with Crippen LogP contribution >= 0.6 is 0 Å². The molecule has 5 nitrogen and oxygen atoms in total. The minimum Gasteiger partial charge on any atom is -0.510 e. The van der Waals surface area contributed by atoms with Gasteiger partial charge in [-0.3, -0.25) is 0 Å². The summed E-state index contributed by atoms with van der Waals surface area (Å²) in [6, 6.07) is 26.0. The first-order chi connectivity index (χ1) is 15.1. The van der Waals surface area contributed by atoms with E-state index in [1.165, 1.54) is 5.39 Å². The molecule has 154 valence electrons. The summed E-state index contributed by atoms with van der Waals surface area (Å²) >= 11 is 0. The molecule has 31 heavy (non-hydrogen) atoms. The van der Waals surface area contributed by atoms with E-state index < -0.39 is 0 Å². The Kier molecular flexibility index (Phi) is 5.94. The normalized spacial score (nSPS) is 11.3. The number of aryl methyl sites for hydroxylation is 1. The van der Waals surface area contributed by atoms with Crippen molar-refractivity contribution in [1.82, 2.24) is 9.97 Å². The van der Waals surface area contributed by atoms with Crippen LogP contribution in [0.4, 0.5) is 17.5 Å². The van der Waals surface area contributed by atoms with Gasteiger partial charge in [-0.2, -0.15) is 4.98 Å². The molecule has 1 aromatic heterocycles. The largest absolute Gasteiger partial charge is 0.510 e. The van der Waals surface area contributed by atoms with E-state index in [1.54, 1.807) is 6.08 Å². The predicted molar refractivity (Wildman–Crippen MR) is 129 cm³/mol. The number of hydrogen-bond donors (Lipinski definition) is 3. The fraction of sp³-hybridized carbons (Fsp3) is 0.0769. The number of aliphatic hydroxyl groups is 1. The van der Waals surface area contributed by atoms with E-state index in [-0.39, 0.29) is 12.3 Å². The maximum atomic E-state index is 10.3. The van der Waals surface area contributed by atoms with E-state index in [9.17, 15) is 5.11 Å². The first-order valence-electron chi connectivity index (χ1n) is 10.1. The van der Waals surface area contributed by atoms with Crippen LogP contribution in [0.15, 0.2) is 97.3 Å². The lowest BCUT2D eigenvalue weighted by molar-refractivity contribution is 0.408. The van der Waals surface area contributed by atoms with Gasteiger partial charge in [0.25, 0.3) is 0 Å². The third-order valence-corrected chi connectivity index (χ3v) is 4.79. The molecule has 4 aromatic rings. The van der Waals surface area contributed by atoms with Crippen LogP contribution in [0.1, 0.15) is 11.3 Å². The Morgan fingerprint density at radius 1 is 0.935 bits per heavy atom. The van der Waals surface area contributed by atoms with Gasteiger partial charge in [-0.1, -0.05) is 67.2 Å². The summed E-state index contributed by atoms with van der Waals surface area (Å²) in [4.78, 5) is 8.94. The smallest absolute Gasteiger partial charge is 0.225 e. The zero-order valence-corrected chi connectivity index (χ0v) is 17.3. The lowest BCUT2D eigenvalue weighted by Gasteiger charge is -2.11. The SMILES string of the molecule is C=C(/C=C(\O)CNc1nc(C)cc(Nc2ccc3ccccc3c2)n1)c1ccccc1. The van der Waals surface area contributed by atoms with Crippen molar-refractivity contribution in [2.75, 3.05) is 17.2 Å². The molecule has 3 N–H and O–H groups in total. The number of nitrogens with zero attached hydrogens (tertiary/aromatic N) is 2. The average molecular weight is 409 g/mol. The van der Waals surface area contributed by atoms with E-state index in [4.69, 9.17) is 0 Å². The van der Waals surface area contributed by atoms with Crippen LogP contribution < -0.4 is 10.6 Å². The van der Waals surface area contributed by atoms with Crippen LogP contribution in [0.2, 0.25) is 0 Å². The molecule has 0 aliphatic rings. The molecule has 0 saturated carbocycles. The molecule has 5 heteroatoms. The van der Waals surface area contributed by atoms with Gasteiger partial charge in [0.2, 0.25) is 5.95 Å². The van der Waals surface area contributed by atoms with Crippen LogP contribution in [-0.2, 0) is 0 Å². The summed E-state index contributed by atoms with van der Waals surface area (Å²) in [7, 11) is 0. The first kappa shape index (κ1) is 20.2. The van der Waals surface area contributed by atoms with Crippen LogP contribution in [-0.4, -0.2) is 21.6 Å². The molecule has 0 fully saturated rings. The Morgan fingerprint density at radius 3 is 2.48 bits per heavy atom. The highest BCUT2D eigenvalue weighted by Crippen LogP contribution is 2.22. The van der Waals surface area contributed by atoms with Gasteiger partial charge in [0.1, 0.15) is 11.6 Å². The number of allylic oxidation sites excluding steroid dienone is 2. The number of rotatable bonds is 7. The monoisotopic (exact) mass is 408 g/mol. The second kappa shape index (κ2) is 9.13. The van der Waals surface area contributed by atoms with Crippen molar-refractivity contribution in [2.45, 2.75) is 6.92 Å². The van der Waals surface area contributed by atoms with Gasteiger partial charge in [-0.05, 0) is 47.0 Å². The Morgan fingerprint density at radius 2 is 1.68 bits per heavy atom. The lowest BCUT2D eigenvalue weighted by Crippen LogP contribution is -2.09. The maximum Gasteiger partial charge on any atom is 0.225 e. The molecule has 0 radical (unpaired) electrons. The fourth-order valence-electron chi connectivity index (χ4n) is 3.28. The summed E-state index contributed by atoms with van der Waals surface area (Å²) in [5.74, 6) is 1.28. The molecule has 0 bridgehead atoms. The Balaban J connectivity index is 1.44. The minimum atomic E-state index is 0.156. The standard InChI is InChI=1S/C26H24N4O/c1-18(20-8-4-3-5-9-20)14-24(31)17-27-26-28-19(2)15-25(30-26)29-23-13-12-21-10-6-7-11-22(21)16-23/h3-16,31H,1,17H2,2H3,(H2,27,28,29,30)/b24-14-. The highest BCUT2D eigenvalue weighted by atomic mass is 16.3. The van der Waals surface area contributed by atoms with Crippen molar-refractivity contribution >= 4 is 33.8 Å². The van der Waals surface area contributed by atoms with Crippen molar-refractivity contribution in [2.24, 2.45) is 0 Å². The van der Waals surface area contributed by atoms with Gasteiger partial charge in [-0.15, -0.1) is 0 Å². The number of hydrogen-bond acceptors (Lipinski definition) is 5. The predicted octanol–water partition coefficient (Wildman–Crippen LogP) is 6.25. The summed E-state index contributed by atoms with van der Waals surface area (Å²) in [6.45, 7) is 6.12. The van der Waals surface area contributed by atoms with Gasteiger partial charge in [0, 0.05) is 17.4 Å². The second-order valence-corrected chi connectivity index (χ2v) is 7.29. The summed E-state index contributed by atoms with van der Waals surface area (Å²) < 4.78 is 0. The summed E-state index contributed by atoms with van der Waals surface area (Å²) in [5, 5.41) is 19.0. The molecule has 1 heterocycles. The third-order valence-electron chi connectivity index (χ3n) is 4.79. The van der Waals surface area contributed by atoms with Crippen molar-refractivity contribution in [1.29, 1.82) is 0 Å². The van der Waals surface area contributed by atoms with Crippen molar-refractivity contribution in [3.8, 4) is 0 Å². The molecule has 0 aliphatic carbocycles. The van der Waals surface area contributed by atoms with E-state index >= 15 is 0 Å². The van der Waals surface area contributed by atoms with Gasteiger partial charge in [0.05, 0.1) is 6.54 Å². The highest BCUT2D eigenvalue weighted by molar-refractivity contribution is 5.86. The quantitative estimate of drug-likeness (QED) is 0.249. The van der Waals surface area contributed by atoms with E-state index in [1.807, 2.05) is 61.5 Å². The van der Waals surface area contributed by atoms with Crippen molar-refractivity contribution in [3.05, 3.63) is 109 Å². The Hall–Kier alpha value is -4.12. The zero-order chi connectivity index (χ0) is 21.6. The molecule has 0 unspecified atom stereocenters. The molecule has 0 spiro atoms. The van der Waals surface area contributed by atoms with E-state index in [0.29, 0.717) is 11.8 Å². The molecule has 4 rings (SSSR count). The van der Waals surface area contributed by atoms with Crippen molar-refractivity contribution < 1.29 is 5.11 Å². The highest BCUT2D eigenvalue weighted by Gasteiger charge is 2.05. The molecule has 0 amide bonds. The number of aromatic nitrogens is 2.